The van der Waals surface area contributed by atoms with Crippen molar-refractivity contribution in [1.82, 2.24) is 0 Å². The fourth-order valence-corrected chi connectivity index (χ4v) is 2.05. The highest BCUT2D eigenvalue weighted by Gasteiger charge is 2.09. The molecule has 0 aliphatic carbocycles. The van der Waals surface area contributed by atoms with Gasteiger partial charge >= 0.3 is 0 Å². The minimum absolute atomic E-state index is 0.00720. The number of nitrogens with two attached hydrogens (primary N) is 2. The zero-order valence-electron chi connectivity index (χ0n) is 11.2. The molecule has 4 nitrogen and oxygen atoms in total. The molecule has 1 amide bonds. The Balaban J connectivity index is 2.16. The van der Waals surface area contributed by atoms with Crippen LogP contribution in [0.2, 0.25) is 0 Å². The number of benzene rings is 2. The minimum atomic E-state index is -0.477. The van der Waals surface area contributed by atoms with Gasteiger partial charge in [-0.3, -0.25) is 9.59 Å². The zero-order valence-corrected chi connectivity index (χ0v) is 11.2. The van der Waals surface area contributed by atoms with Crippen LogP contribution >= 0.6 is 0 Å². The van der Waals surface area contributed by atoms with E-state index in [1.807, 2.05) is 19.1 Å². The SMILES string of the molecule is Cc1cc(N)cc(C(=O)Cc2ccc(C(N)=O)cc2)c1. The summed E-state index contributed by atoms with van der Waals surface area (Å²) in [6, 6.07) is 12.0. The number of anilines is 1. The predicted molar refractivity (Wildman–Crippen MR) is 78.6 cm³/mol. The molecule has 0 saturated heterocycles. The van der Waals surface area contributed by atoms with Crippen LogP contribution in [-0.2, 0) is 6.42 Å². The summed E-state index contributed by atoms with van der Waals surface area (Å²) in [5.74, 6) is -0.485. The smallest absolute Gasteiger partial charge is 0.248 e. The maximum Gasteiger partial charge on any atom is 0.248 e. The van der Waals surface area contributed by atoms with Crippen molar-refractivity contribution in [3.63, 3.8) is 0 Å². The molecule has 0 spiro atoms. The van der Waals surface area contributed by atoms with Crippen LogP contribution in [0.3, 0.4) is 0 Å². The van der Waals surface area contributed by atoms with E-state index >= 15 is 0 Å². The molecule has 4 heteroatoms. The van der Waals surface area contributed by atoms with Crippen LogP contribution in [0.15, 0.2) is 42.5 Å². The van der Waals surface area contributed by atoms with Crippen molar-refractivity contribution in [1.29, 1.82) is 0 Å². The lowest BCUT2D eigenvalue weighted by Gasteiger charge is -2.05. The van der Waals surface area contributed by atoms with Crippen LogP contribution in [0, 0.1) is 6.92 Å². The second-order valence-corrected chi connectivity index (χ2v) is 4.79. The zero-order chi connectivity index (χ0) is 14.7. The highest BCUT2D eigenvalue weighted by molar-refractivity contribution is 5.98. The van der Waals surface area contributed by atoms with E-state index in [-0.39, 0.29) is 12.2 Å². The number of hydrogen-bond acceptors (Lipinski definition) is 3. The fourth-order valence-electron chi connectivity index (χ4n) is 2.05. The molecular weight excluding hydrogens is 252 g/mol. The highest BCUT2D eigenvalue weighted by Crippen LogP contribution is 2.14. The van der Waals surface area contributed by atoms with E-state index in [9.17, 15) is 9.59 Å². The Bertz CT molecular complexity index is 640. The van der Waals surface area contributed by atoms with Crippen molar-refractivity contribution < 1.29 is 9.59 Å². The van der Waals surface area contributed by atoms with Crippen molar-refractivity contribution >= 4 is 17.4 Å². The molecule has 0 unspecified atom stereocenters. The van der Waals surface area contributed by atoms with Gasteiger partial charge in [0.2, 0.25) is 5.91 Å². The average molecular weight is 268 g/mol. The normalized spacial score (nSPS) is 10.2. The van der Waals surface area contributed by atoms with Crippen molar-refractivity contribution in [2.24, 2.45) is 5.73 Å². The second-order valence-electron chi connectivity index (χ2n) is 4.79. The molecule has 0 bridgehead atoms. The van der Waals surface area contributed by atoms with E-state index < -0.39 is 5.91 Å². The van der Waals surface area contributed by atoms with Crippen molar-refractivity contribution in [3.8, 4) is 0 Å². The number of primary amides is 1. The molecule has 0 aliphatic heterocycles. The third-order valence-electron chi connectivity index (χ3n) is 3.02. The van der Waals surface area contributed by atoms with Crippen molar-refractivity contribution in [3.05, 3.63) is 64.7 Å². The van der Waals surface area contributed by atoms with Gasteiger partial charge in [-0.25, -0.2) is 0 Å². The molecule has 4 N–H and O–H groups in total. The van der Waals surface area contributed by atoms with Gasteiger partial charge in [0.15, 0.2) is 5.78 Å². The van der Waals surface area contributed by atoms with E-state index in [4.69, 9.17) is 11.5 Å². The Morgan fingerprint density at radius 2 is 1.65 bits per heavy atom. The largest absolute Gasteiger partial charge is 0.399 e. The molecule has 0 fully saturated rings. The predicted octanol–water partition coefficient (Wildman–Crippen LogP) is 2.10. The van der Waals surface area contributed by atoms with Crippen molar-refractivity contribution in [2.45, 2.75) is 13.3 Å². The maximum atomic E-state index is 12.2. The van der Waals surface area contributed by atoms with Crippen LogP contribution in [0.1, 0.15) is 31.8 Å². The number of aryl methyl sites for hydroxylation is 1. The minimum Gasteiger partial charge on any atom is -0.399 e. The summed E-state index contributed by atoms with van der Waals surface area (Å²) in [6.45, 7) is 1.90. The summed E-state index contributed by atoms with van der Waals surface area (Å²) in [7, 11) is 0. The number of carbonyl (C=O) groups excluding carboxylic acids is 2. The average Bonchev–Trinajstić information content (AvgIpc) is 2.38. The molecule has 0 radical (unpaired) electrons. The number of rotatable bonds is 4. The van der Waals surface area contributed by atoms with Crippen molar-refractivity contribution in [2.75, 3.05) is 5.73 Å². The van der Waals surface area contributed by atoms with Gasteiger partial charge in [0.05, 0.1) is 0 Å². The molecule has 2 aromatic carbocycles. The lowest BCUT2D eigenvalue weighted by Crippen LogP contribution is -2.11. The van der Waals surface area contributed by atoms with Gasteiger partial charge < -0.3 is 11.5 Å². The van der Waals surface area contributed by atoms with Gasteiger partial charge in [0.1, 0.15) is 0 Å². The van der Waals surface area contributed by atoms with Gasteiger partial charge in [-0.15, -0.1) is 0 Å². The van der Waals surface area contributed by atoms with Crippen LogP contribution < -0.4 is 11.5 Å². The number of hydrogen-bond donors (Lipinski definition) is 2. The Hall–Kier alpha value is -2.62. The standard InChI is InChI=1S/C16H16N2O2/c1-10-6-13(9-14(17)7-10)15(19)8-11-2-4-12(5-3-11)16(18)20/h2-7,9H,8,17H2,1H3,(H2,18,20). The lowest BCUT2D eigenvalue weighted by molar-refractivity contribution is 0.0989. The number of amides is 1. The maximum absolute atomic E-state index is 12.2. The quantitative estimate of drug-likeness (QED) is 0.657. The topological polar surface area (TPSA) is 86.2 Å². The van der Waals surface area contributed by atoms with Gasteiger partial charge in [0, 0.05) is 23.2 Å². The summed E-state index contributed by atoms with van der Waals surface area (Å²) >= 11 is 0. The second kappa shape index (κ2) is 5.57. The van der Waals surface area contributed by atoms with Crippen LogP contribution in [0.25, 0.3) is 0 Å². The first kappa shape index (κ1) is 13.8. The van der Waals surface area contributed by atoms with Gasteiger partial charge in [-0.1, -0.05) is 12.1 Å². The Morgan fingerprint density at radius 1 is 1.00 bits per heavy atom. The van der Waals surface area contributed by atoms with Gasteiger partial charge in [-0.05, 0) is 48.4 Å². The summed E-state index contributed by atoms with van der Waals surface area (Å²) in [4.78, 5) is 23.2. The molecule has 20 heavy (non-hydrogen) atoms. The molecule has 0 heterocycles. The first-order valence-electron chi connectivity index (χ1n) is 6.25. The third-order valence-corrected chi connectivity index (χ3v) is 3.02. The highest BCUT2D eigenvalue weighted by atomic mass is 16.1. The molecule has 2 aromatic rings. The van der Waals surface area contributed by atoms with Gasteiger partial charge in [-0.2, -0.15) is 0 Å². The molecule has 0 atom stereocenters. The van der Waals surface area contributed by atoms with Gasteiger partial charge in [0.25, 0.3) is 0 Å². The summed E-state index contributed by atoms with van der Waals surface area (Å²) < 4.78 is 0. The number of Topliss-reactive ketones (excluding diaryl/α,β-unsaturated/α-hetero) is 1. The first-order chi connectivity index (χ1) is 9.45. The lowest BCUT2D eigenvalue weighted by atomic mass is 10.00. The van der Waals surface area contributed by atoms with Crippen LogP contribution in [0.5, 0.6) is 0 Å². The van der Waals surface area contributed by atoms with Crippen LogP contribution in [0.4, 0.5) is 5.69 Å². The molecule has 0 aliphatic rings. The Labute approximate surface area is 117 Å². The molecule has 0 aromatic heterocycles. The molecular formula is C16H16N2O2. The summed E-state index contributed by atoms with van der Waals surface area (Å²) in [5.41, 5.74) is 14.3. The fraction of sp³-hybridized carbons (Fsp3) is 0.125. The van der Waals surface area contributed by atoms with Crippen LogP contribution in [-0.4, -0.2) is 11.7 Å². The van der Waals surface area contributed by atoms with E-state index in [1.54, 1.807) is 30.3 Å². The van der Waals surface area contributed by atoms with E-state index in [2.05, 4.69) is 0 Å². The van der Waals surface area contributed by atoms with E-state index in [0.29, 0.717) is 16.8 Å². The number of nitrogen functional groups attached to an aromatic ring is 1. The molecule has 2 rings (SSSR count). The van der Waals surface area contributed by atoms with E-state index in [0.717, 1.165) is 11.1 Å². The summed E-state index contributed by atoms with van der Waals surface area (Å²) in [6.07, 6.45) is 0.266. The number of ketones is 1. The van der Waals surface area contributed by atoms with E-state index in [1.165, 1.54) is 0 Å². The summed E-state index contributed by atoms with van der Waals surface area (Å²) in [5, 5.41) is 0. The monoisotopic (exact) mass is 268 g/mol. The molecule has 102 valence electrons. The Morgan fingerprint density at radius 3 is 2.20 bits per heavy atom. The third kappa shape index (κ3) is 3.23. The Kier molecular flexibility index (Phi) is 3.84. The first-order valence-corrected chi connectivity index (χ1v) is 6.25. The number of carbonyl (C=O) groups is 2. The molecule has 0 saturated carbocycles.